The highest BCUT2D eigenvalue weighted by molar-refractivity contribution is 5.84. The summed E-state index contributed by atoms with van der Waals surface area (Å²) in [4.78, 5) is 18.5. The number of H-pyrrole nitrogens is 1. The first-order chi connectivity index (χ1) is 16.5. The topological polar surface area (TPSA) is 61.5 Å². The van der Waals surface area contributed by atoms with Crippen molar-refractivity contribution >= 4 is 16.8 Å². The fourth-order valence-electron chi connectivity index (χ4n) is 5.55. The van der Waals surface area contributed by atoms with Crippen LogP contribution in [0.15, 0.2) is 48.7 Å². The van der Waals surface area contributed by atoms with Crippen LogP contribution in [-0.4, -0.2) is 72.3 Å². The number of halogens is 1. The molecule has 2 aromatic carbocycles. The number of hydrogen-bond donors (Lipinski definition) is 1. The Hall–Kier alpha value is -2.77. The molecule has 0 bridgehead atoms. The van der Waals surface area contributed by atoms with E-state index in [1.165, 1.54) is 17.7 Å². The number of hydrogen-bond acceptors (Lipinski definition) is 4. The van der Waals surface area contributed by atoms with Gasteiger partial charge in [0.15, 0.2) is 0 Å². The molecule has 7 heteroatoms. The summed E-state index contributed by atoms with van der Waals surface area (Å²) in [5.41, 5.74) is 2.83. The average molecular weight is 465 g/mol. The molecule has 3 heterocycles. The molecule has 34 heavy (non-hydrogen) atoms. The van der Waals surface area contributed by atoms with Gasteiger partial charge in [0.25, 0.3) is 0 Å². The number of fused-ring (bicyclic) bond motifs is 1. The number of nitrogens with zero attached hydrogens (tertiary/aromatic N) is 3. The number of rotatable bonds is 5. The number of piperidine rings is 1. The number of carbonyl (C=O) groups excluding carboxylic acids is 1. The third kappa shape index (κ3) is 4.86. The molecule has 0 radical (unpaired) electrons. The predicted molar refractivity (Wildman–Crippen MR) is 130 cm³/mol. The lowest BCUT2D eigenvalue weighted by Crippen LogP contribution is -2.52. The molecule has 1 unspecified atom stereocenters. The van der Waals surface area contributed by atoms with Crippen molar-refractivity contribution < 1.29 is 13.9 Å². The van der Waals surface area contributed by atoms with Gasteiger partial charge < -0.3 is 14.5 Å². The number of likely N-dealkylation sites (tertiary alicyclic amines) is 1. The van der Waals surface area contributed by atoms with Crippen LogP contribution in [0.25, 0.3) is 10.9 Å². The molecule has 1 amide bonds. The second-order valence-corrected chi connectivity index (χ2v) is 10.0. The molecule has 0 spiro atoms. The van der Waals surface area contributed by atoms with Crippen LogP contribution in [0.5, 0.6) is 0 Å². The zero-order valence-electron chi connectivity index (χ0n) is 19.8. The zero-order valence-corrected chi connectivity index (χ0v) is 19.8. The molecule has 3 aromatic rings. The van der Waals surface area contributed by atoms with Gasteiger partial charge in [0.05, 0.1) is 30.3 Å². The molecule has 0 aliphatic carbocycles. The molecule has 6 nitrogen and oxygen atoms in total. The SMILES string of the molecule is CN1CCC(Cc2ccc(F)cc2)(C(=O)N2CCOCC(Cc3cccc4[nH]ncc34)C2)CC1. The van der Waals surface area contributed by atoms with E-state index in [-0.39, 0.29) is 17.6 Å². The molecule has 0 saturated carbocycles. The third-order valence-corrected chi connectivity index (χ3v) is 7.56. The molecule has 1 N–H and O–H groups in total. The van der Waals surface area contributed by atoms with Gasteiger partial charge in [0, 0.05) is 24.4 Å². The summed E-state index contributed by atoms with van der Waals surface area (Å²) in [6.45, 7) is 4.29. The summed E-state index contributed by atoms with van der Waals surface area (Å²) in [5, 5.41) is 8.36. The van der Waals surface area contributed by atoms with Gasteiger partial charge in [0.2, 0.25) is 5.91 Å². The minimum Gasteiger partial charge on any atom is -0.379 e. The van der Waals surface area contributed by atoms with E-state index < -0.39 is 5.41 Å². The summed E-state index contributed by atoms with van der Waals surface area (Å²) in [7, 11) is 2.11. The van der Waals surface area contributed by atoms with E-state index in [2.05, 4.69) is 28.2 Å². The number of ether oxygens (including phenoxy) is 1. The molecule has 2 saturated heterocycles. The first-order valence-electron chi connectivity index (χ1n) is 12.2. The Morgan fingerprint density at radius 1 is 1.18 bits per heavy atom. The fraction of sp³-hybridized carbons (Fsp3) is 0.481. The predicted octanol–water partition coefficient (Wildman–Crippen LogP) is 3.67. The number of amides is 1. The van der Waals surface area contributed by atoms with Crippen molar-refractivity contribution in [2.75, 3.05) is 46.4 Å². The summed E-state index contributed by atoms with van der Waals surface area (Å²) in [6.07, 6.45) is 5.00. The van der Waals surface area contributed by atoms with Gasteiger partial charge in [-0.05, 0) is 75.1 Å². The maximum absolute atomic E-state index is 14.1. The zero-order chi connectivity index (χ0) is 23.5. The summed E-state index contributed by atoms with van der Waals surface area (Å²) in [6, 6.07) is 12.9. The molecular formula is C27H33FN4O2. The molecule has 1 atom stereocenters. The standard InChI is InChI=1S/C27H33FN4O2/c1-31-11-9-27(10-12-31,16-20-5-7-23(28)8-6-20)26(33)32-13-14-34-19-21(18-32)15-22-3-2-4-25-24(22)17-29-30-25/h2-8,17,21H,9-16,18-19H2,1H3,(H,29,30). The van der Waals surface area contributed by atoms with Crippen LogP contribution in [0.1, 0.15) is 24.0 Å². The Morgan fingerprint density at radius 3 is 2.76 bits per heavy atom. The van der Waals surface area contributed by atoms with Gasteiger partial charge in [-0.3, -0.25) is 9.89 Å². The highest BCUT2D eigenvalue weighted by Gasteiger charge is 2.43. The quantitative estimate of drug-likeness (QED) is 0.626. The van der Waals surface area contributed by atoms with Crippen molar-refractivity contribution in [1.29, 1.82) is 0 Å². The lowest BCUT2D eigenvalue weighted by atomic mass is 9.72. The van der Waals surface area contributed by atoms with Gasteiger partial charge >= 0.3 is 0 Å². The monoisotopic (exact) mass is 464 g/mol. The molecule has 2 aliphatic rings. The van der Waals surface area contributed by atoms with Crippen molar-refractivity contribution in [1.82, 2.24) is 20.0 Å². The Balaban J connectivity index is 1.36. The summed E-state index contributed by atoms with van der Waals surface area (Å²) < 4.78 is 19.5. The van der Waals surface area contributed by atoms with E-state index in [9.17, 15) is 9.18 Å². The Kier molecular flexibility index (Phi) is 6.66. The number of nitrogens with one attached hydrogen (secondary N) is 1. The van der Waals surface area contributed by atoms with Crippen molar-refractivity contribution in [3.05, 3.63) is 65.6 Å². The second kappa shape index (κ2) is 9.84. The fourth-order valence-corrected chi connectivity index (χ4v) is 5.55. The van der Waals surface area contributed by atoms with Crippen LogP contribution >= 0.6 is 0 Å². The molecule has 2 fully saturated rings. The second-order valence-electron chi connectivity index (χ2n) is 10.0. The van der Waals surface area contributed by atoms with Crippen LogP contribution < -0.4 is 0 Å². The first kappa shape index (κ1) is 23.0. The Morgan fingerprint density at radius 2 is 1.97 bits per heavy atom. The molecule has 1 aromatic heterocycles. The molecule has 5 rings (SSSR count). The number of aromatic amines is 1. The normalized spacial score (nSPS) is 21.5. The maximum atomic E-state index is 14.1. The van der Waals surface area contributed by atoms with Crippen LogP contribution in [0.3, 0.4) is 0 Å². The average Bonchev–Trinajstić information content (AvgIpc) is 3.22. The Labute approximate surface area is 200 Å². The highest BCUT2D eigenvalue weighted by Crippen LogP contribution is 2.37. The number of aromatic nitrogens is 2. The molecule has 180 valence electrons. The summed E-state index contributed by atoms with van der Waals surface area (Å²) in [5.74, 6) is 0.204. The Bertz CT molecular complexity index is 1120. The van der Waals surface area contributed by atoms with Crippen LogP contribution in [0.4, 0.5) is 4.39 Å². The van der Waals surface area contributed by atoms with Crippen molar-refractivity contribution in [3.63, 3.8) is 0 Å². The van der Waals surface area contributed by atoms with Crippen molar-refractivity contribution in [2.24, 2.45) is 11.3 Å². The molecule has 2 aliphatic heterocycles. The van der Waals surface area contributed by atoms with E-state index in [1.807, 2.05) is 35.4 Å². The van der Waals surface area contributed by atoms with Crippen LogP contribution in [-0.2, 0) is 22.4 Å². The van der Waals surface area contributed by atoms with Gasteiger partial charge in [-0.25, -0.2) is 4.39 Å². The van der Waals surface area contributed by atoms with E-state index in [0.717, 1.165) is 48.8 Å². The lowest BCUT2D eigenvalue weighted by Gasteiger charge is -2.42. The minimum atomic E-state index is -0.455. The van der Waals surface area contributed by atoms with E-state index in [1.54, 1.807) is 0 Å². The maximum Gasteiger partial charge on any atom is 0.229 e. The van der Waals surface area contributed by atoms with E-state index in [0.29, 0.717) is 32.7 Å². The van der Waals surface area contributed by atoms with E-state index in [4.69, 9.17) is 4.74 Å². The van der Waals surface area contributed by atoms with Gasteiger partial charge in [0.1, 0.15) is 5.82 Å². The summed E-state index contributed by atoms with van der Waals surface area (Å²) >= 11 is 0. The number of carbonyl (C=O) groups is 1. The van der Waals surface area contributed by atoms with E-state index >= 15 is 0 Å². The van der Waals surface area contributed by atoms with Crippen molar-refractivity contribution in [3.8, 4) is 0 Å². The first-order valence-corrected chi connectivity index (χ1v) is 12.2. The van der Waals surface area contributed by atoms with Crippen LogP contribution in [0, 0.1) is 17.2 Å². The van der Waals surface area contributed by atoms with Crippen molar-refractivity contribution in [2.45, 2.75) is 25.7 Å². The largest absolute Gasteiger partial charge is 0.379 e. The van der Waals surface area contributed by atoms with Gasteiger partial charge in [-0.2, -0.15) is 5.10 Å². The third-order valence-electron chi connectivity index (χ3n) is 7.56. The minimum absolute atomic E-state index is 0.223. The van der Waals surface area contributed by atoms with Crippen LogP contribution in [0.2, 0.25) is 0 Å². The highest BCUT2D eigenvalue weighted by atomic mass is 19.1. The van der Waals surface area contributed by atoms with Gasteiger partial charge in [-0.1, -0.05) is 24.3 Å². The smallest absolute Gasteiger partial charge is 0.229 e. The van der Waals surface area contributed by atoms with Gasteiger partial charge in [-0.15, -0.1) is 0 Å². The number of benzene rings is 2. The molecular weight excluding hydrogens is 431 g/mol. The lowest BCUT2D eigenvalue weighted by molar-refractivity contribution is -0.145.